The van der Waals surface area contributed by atoms with Gasteiger partial charge in [-0.05, 0) is 43.7 Å². The van der Waals surface area contributed by atoms with E-state index < -0.39 is 0 Å². The Morgan fingerprint density at radius 2 is 1.95 bits per heavy atom. The third-order valence-corrected chi connectivity index (χ3v) is 4.50. The van der Waals surface area contributed by atoms with E-state index >= 15 is 0 Å². The number of hydrogen-bond donors (Lipinski definition) is 3. The van der Waals surface area contributed by atoms with Crippen LogP contribution in [0, 0.1) is 5.92 Å². The molecule has 1 aromatic rings. The van der Waals surface area contributed by atoms with E-state index in [1.807, 2.05) is 0 Å². The minimum atomic E-state index is -0.357. The number of alkyl halides is 1. The number of nitrogens with one attached hydrogen (secondary N) is 1. The highest BCUT2D eigenvalue weighted by Crippen LogP contribution is 2.29. The van der Waals surface area contributed by atoms with E-state index in [0.717, 1.165) is 25.7 Å². The molecule has 3 N–H and O–H groups in total. The summed E-state index contributed by atoms with van der Waals surface area (Å²) in [4.78, 5) is 12.5. The lowest BCUT2D eigenvalue weighted by Gasteiger charge is -2.25. The number of amides is 1. The van der Waals surface area contributed by atoms with Crippen LogP contribution in [-0.2, 0) is 0 Å². The fourth-order valence-electron chi connectivity index (χ4n) is 2.37. The second-order valence-electron chi connectivity index (χ2n) is 5.00. The number of rotatable bonds is 3. The quantitative estimate of drug-likeness (QED) is 0.590. The zero-order valence-electron chi connectivity index (χ0n) is 10.6. The monoisotopic (exact) mass is 327 g/mol. The number of benzene rings is 1. The van der Waals surface area contributed by atoms with E-state index in [4.69, 9.17) is 0 Å². The van der Waals surface area contributed by atoms with Crippen LogP contribution in [0.25, 0.3) is 0 Å². The van der Waals surface area contributed by atoms with Gasteiger partial charge in [-0.2, -0.15) is 0 Å². The van der Waals surface area contributed by atoms with Crippen LogP contribution in [0.1, 0.15) is 36.0 Å². The van der Waals surface area contributed by atoms with Crippen molar-refractivity contribution in [2.24, 2.45) is 5.92 Å². The SMILES string of the molecule is O=C(NCC1CCC(Br)CC1)c1cccc(O)c1O. The summed E-state index contributed by atoms with van der Waals surface area (Å²) < 4.78 is 0. The first-order valence-electron chi connectivity index (χ1n) is 6.51. The lowest BCUT2D eigenvalue weighted by Crippen LogP contribution is -2.31. The predicted molar refractivity (Wildman–Crippen MR) is 76.8 cm³/mol. The maximum absolute atomic E-state index is 11.9. The van der Waals surface area contributed by atoms with Crippen LogP contribution >= 0.6 is 15.9 Å². The number of hydrogen-bond acceptors (Lipinski definition) is 3. The Morgan fingerprint density at radius 3 is 2.63 bits per heavy atom. The van der Waals surface area contributed by atoms with Gasteiger partial charge >= 0.3 is 0 Å². The minimum absolute atomic E-state index is 0.120. The Labute approximate surface area is 121 Å². The molecule has 1 saturated carbocycles. The highest BCUT2D eigenvalue weighted by Gasteiger charge is 2.20. The first-order chi connectivity index (χ1) is 9.08. The van der Waals surface area contributed by atoms with Crippen molar-refractivity contribution < 1.29 is 15.0 Å². The van der Waals surface area contributed by atoms with Crippen LogP contribution in [0.15, 0.2) is 18.2 Å². The van der Waals surface area contributed by atoms with Crippen LogP contribution in [0.5, 0.6) is 11.5 Å². The van der Waals surface area contributed by atoms with E-state index in [-0.39, 0.29) is 23.0 Å². The molecule has 2 rings (SSSR count). The van der Waals surface area contributed by atoms with Gasteiger partial charge in [-0.25, -0.2) is 0 Å². The summed E-state index contributed by atoms with van der Waals surface area (Å²) >= 11 is 3.60. The average Bonchev–Trinajstić information content (AvgIpc) is 2.41. The lowest BCUT2D eigenvalue weighted by atomic mass is 9.89. The standard InChI is InChI=1S/C14H18BrNO3/c15-10-6-4-9(5-7-10)8-16-14(19)11-2-1-3-12(17)13(11)18/h1-3,9-10,17-18H,4-8H2,(H,16,19). The molecule has 0 aliphatic heterocycles. The van der Waals surface area contributed by atoms with Gasteiger partial charge in [0.1, 0.15) is 0 Å². The molecule has 0 radical (unpaired) electrons. The van der Waals surface area contributed by atoms with Crippen LogP contribution in [0.4, 0.5) is 0 Å². The molecule has 1 fully saturated rings. The molecule has 0 bridgehead atoms. The van der Waals surface area contributed by atoms with Crippen molar-refractivity contribution in [3.05, 3.63) is 23.8 Å². The summed E-state index contributed by atoms with van der Waals surface area (Å²) in [7, 11) is 0. The highest BCUT2D eigenvalue weighted by atomic mass is 79.9. The Bertz CT molecular complexity index is 456. The van der Waals surface area contributed by atoms with Crippen LogP contribution in [-0.4, -0.2) is 27.5 Å². The molecule has 19 heavy (non-hydrogen) atoms. The largest absolute Gasteiger partial charge is 0.504 e. The molecule has 1 aliphatic carbocycles. The second-order valence-corrected chi connectivity index (χ2v) is 6.30. The van der Waals surface area contributed by atoms with Gasteiger partial charge in [0.05, 0.1) is 5.56 Å². The van der Waals surface area contributed by atoms with Crippen molar-refractivity contribution in [3.8, 4) is 11.5 Å². The summed E-state index contributed by atoms with van der Waals surface area (Å²) in [6.45, 7) is 0.619. The molecule has 1 aliphatic rings. The molecule has 0 aromatic heterocycles. The van der Waals surface area contributed by atoms with Gasteiger partial charge in [-0.15, -0.1) is 0 Å². The molecule has 0 atom stereocenters. The van der Waals surface area contributed by atoms with Gasteiger partial charge in [0.2, 0.25) is 0 Å². The third-order valence-electron chi connectivity index (χ3n) is 3.59. The summed E-state index contributed by atoms with van der Waals surface area (Å²) in [5, 5.41) is 21.8. The highest BCUT2D eigenvalue weighted by molar-refractivity contribution is 9.09. The van der Waals surface area contributed by atoms with Gasteiger partial charge < -0.3 is 15.5 Å². The number of carbonyl (C=O) groups is 1. The van der Waals surface area contributed by atoms with Crippen molar-refractivity contribution in [3.63, 3.8) is 0 Å². The molecule has 0 saturated heterocycles. The Balaban J connectivity index is 1.89. The van der Waals surface area contributed by atoms with Gasteiger partial charge in [0, 0.05) is 11.4 Å². The number of aromatic hydroxyl groups is 2. The van der Waals surface area contributed by atoms with E-state index in [9.17, 15) is 15.0 Å². The van der Waals surface area contributed by atoms with Crippen molar-refractivity contribution in [2.45, 2.75) is 30.5 Å². The predicted octanol–water partition coefficient (Wildman–Crippen LogP) is 2.78. The lowest BCUT2D eigenvalue weighted by molar-refractivity contribution is 0.0940. The molecule has 1 aromatic carbocycles. The molecule has 4 nitrogen and oxygen atoms in total. The van der Waals surface area contributed by atoms with Gasteiger partial charge in [0.15, 0.2) is 11.5 Å². The minimum Gasteiger partial charge on any atom is -0.504 e. The van der Waals surface area contributed by atoms with Gasteiger partial charge in [-0.1, -0.05) is 22.0 Å². The fraction of sp³-hybridized carbons (Fsp3) is 0.500. The van der Waals surface area contributed by atoms with E-state index in [0.29, 0.717) is 17.3 Å². The van der Waals surface area contributed by atoms with Crippen LogP contribution in [0.3, 0.4) is 0 Å². The van der Waals surface area contributed by atoms with E-state index in [1.165, 1.54) is 12.1 Å². The van der Waals surface area contributed by atoms with Crippen LogP contribution < -0.4 is 5.32 Å². The number of halogens is 1. The fourth-order valence-corrected chi connectivity index (χ4v) is 2.90. The molecule has 104 valence electrons. The normalized spacial score (nSPS) is 23.0. The molecule has 0 spiro atoms. The molecule has 0 unspecified atom stereocenters. The second kappa shape index (κ2) is 6.28. The Morgan fingerprint density at radius 1 is 1.26 bits per heavy atom. The van der Waals surface area contributed by atoms with E-state index in [2.05, 4.69) is 21.2 Å². The van der Waals surface area contributed by atoms with Crippen molar-refractivity contribution in [2.75, 3.05) is 6.54 Å². The van der Waals surface area contributed by atoms with Crippen molar-refractivity contribution in [1.82, 2.24) is 5.32 Å². The summed E-state index contributed by atoms with van der Waals surface area (Å²) in [5.41, 5.74) is 0.120. The number of phenols is 2. The molecule has 1 amide bonds. The maximum atomic E-state index is 11.9. The third kappa shape index (κ3) is 3.62. The molecule has 5 heteroatoms. The zero-order chi connectivity index (χ0) is 13.8. The van der Waals surface area contributed by atoms with Gasteiger partial charge in [-0.3, -0.25) is 4.79 Å². The Hall–Kier alpha value is -1.23. The van der Waals surface area contributed by atoms with Crippen molar-refractivity contribution in [1.29, 1.82) is 0 Å². The summed E-state index contributed by atoms with van der Waals surface area (Å²) in [6.07, 6.45) is 4.47. The molecular weight excluding hydrogens is 310 g/mol. The zero-order valence-corrected chi connectivity index (χ0v) is 12.2. The molecular formula is C14H18BrNO3. The number of carbonyl (C=O) groups excluding carboxylic acids is 1. The molecule has 0 heterocycles. The first-order valence-corrected chi connectivity index (χ1v) is 7.42. The van der Waals surface area contributed by atoms with Crippen LogP contribution in [0.2, 0.25) is 0 Å². The van der Waals surface area contributed by atoms with E-state index in [1.54, 1.807) is 6.07 Å². The summed E-state index contributed by atoms with van der Waals surface area (Å²) in [5.74, 6) is -0.469. The topological polar surface area (TPSA) is 69.6 Å². The van der Waals surface area contributed by atoms with Crippen molar-refractivity contribution >= 4 is 21.8 Å². The number of phenolic OH excluding ortho intramolecular Hbond substituents is 2. The number of para-hydroxylation sites is 1. The smallest absolute Gasteiger partial charge is 0.255 e. The summed E-state index contributed by atoms with van der Waals surface area (Å²) in [6, 6.07) is 4.39. The average molecular weight is 328 g/mol. The maximum Gasteiger partial charge on any atom is 0.255 e. The van der Waals surface area contributed by atoms with Gasteiger partial charge in [0.25, 0.3) is 5.91 Å². The Kier molecular flexibility index (Phi) is 4.69. The first kappa shape index (κ1) is 14.2.